The molecule has 0 radical (unpaired) electrons. The zero-order chi connectivity index (χ0) is 37.5. The predicted octanol–water partition coefficient (Wildman–Crippen LogP) is 2.58. The van der Waals surface area contributed by atoms with Crippen molar-refractivity contribution in [1.82, 2.24) is 31.1 Å². The fourth-order valence-electron chi connectivity index (χ4n) is 6.17. The highest BCUT2D eigenvalue weighted by Crippen LogP contribution is 2.26. The third-order valence-electron chi connectivity index (χ3n) is 9.49. The number of hydrogen-bond acceptors (Lipinski definition) is 9. The molecule has 1 fully saturated rings. The lowest BCUT2D eigenvalue weighted by molar-refractivity contribution is -0.384. The first-order chi connectivity index (χ1) is 23.6. The zero-order valence-corrected chi connectivity index (χ0v) is 31.1. The molecule has 1 aliphatic rings. The van der Waals surface area contributed by atoms with Crippen molar-refractivity contribution < 1.29 is 28.9 Å². The van der Waals surface area contributed by atoms with Crippen molar-refractivity contribution in [2.24, 2.45) is 11.8 Å². The quantitative estimate of drug-likeness (QED) is 0.0851. The van der Waals surface area contributed by atoms with E-state index in [4.69, 9.17) is 0 Å². The summed E-state index contributed by atoms with van der Waals surface area (Å²) < 4.78 is 0. The van der Waals surface area contributed by atoms with Crippen LogP contribution in [0.25, 0.3) is 0 Å². The van der Waals surface area contributed by atoms with Crippen LogP contribution >= 0.6 is 0 Å². The number of benzene rings is 1. The minimum absolute atomic E-state index is 0.0443. The molecule has 0 unspecified atom stereocenters. The van der Waals surface area contributed by atoms with E-state index in [-0.39, 0.29) is 48.0 Å². The van der Waals surface area contributed by atoms with Gasteiger partial charge in [0.25, 0.3) is 5.69 Å². The number of non-ortho nitro benzene ring substituents is 1. The predicted molar refractivity (Wildman–Crippen MR) is 192 cm³/mol. The molecule has 1 heterocycles. The van der Waals surface area contributed by atoms with Gasteiger partial charge in [-0.15, -0.1) is 0 Å². The fraction of sp³-hybridized carbons (Fsp3) is 0.694. The largest absolute Gasteiger partial charge is 0.357 e. The van der Waals surface area contributed by atoms with Gasteiger partial charge in [-0.2, -0.15) is 0 Å². The second kappa shape index (κ2) is 20.7. The smallest absolute Gasteiger partial charge is 0.269 e. The molecule has 2 rings (SSSR count). The van der Waals surface area contributed by atoms with Crippen molar-refractivity contribution in [3.05, 3.63) is 39.9 Å². The summed E-state index contributed by atoms with van der Waals surface area (Å²) in [7, 11) is 5.17. The van der Waals surface area contributed by atoms with Crippen LogP contribution in [-0.2, 0) is 30.4 Å². The van der Waals surface area contributed by atoms with Crippen LogP contribution in [0, 0.1) is 22.0 Å². The first-order valence-corrected chi connectivity index (χ1v) is 17.9. The third-order valence-corrected chi connectivity index (χ3v) is 9.49. The van der Waals surface area contributed by atoms with E-state index in [1.807, 2.05) is 20.9 Å². The molecule has 1 aromatic carbocycles. The normalized spacial score (nSPS) is 16.9. The Morgan fingerprint density at radius 1 is 0.960 bits per heavy atom. The molecule has 14 heteroatoms. The highest BCUT2D eigenvalue weighted by Gasteiger charge is 2.39. The number of rotatable bonds is 21. The number of nitro benzene ring substituents is 1. The molecule has 4 N–H and O–H groups in total. The first kappa shape index (κ1) is 42.3. The second-order valence-electron chi connectivity index (χ2n) is 14.1. The van der Waals surface area contributed by atoms with E-state index in [0.717, 1.165) is 18.5 Å². The minimum Gasteiger partial charge on any atom is -0.357 e. The molecule has 4 amide bonds. The molecule has 280 valence electrons. The summed E-state index contributed by atoms with van der Waals surface area (Å²) in [5.41, 5.74) is 0.678. The van der Waals surface area contributed by atoms with Crippen molar-refractivity contribution in [3.63, 3.8) is 0 Å². The van der Waals surface area contributed by atoms with Crippen LogP contribution in [0.2, 0.25) is 0 Å². The number of nitrogens with zero attached hydrogens (tertiary/aromatic N) is 3. The Bertz CT molecular complexity index is 1300. The molecular formula is C36H59N7O7. The molecule has 50 heavy (non-hydrogen) atoms. The molecule has 14 nitrogen and oxygen atoms in total. The lowest BCUT2D eigenvalue weighted by Crippen LogP contribution is -2.53. The first-order valence-electron chi connectivity index (χ1n) is 17.9. The Labute approximate surface area is 297 Å². The average molecular weight is 702 g/mol. The molecule has 0 aliphatic carbocycles. The van der Waals surface area contributed by atoms with Crippen LogP contribution in [0.5, 0.6) is 0 Å². The summed E-state index contributed by atoms with van der Waals surface area (Å²) in [6.07, 6.45) is 3.64. The minimum atomic E-state index is -0.830. The third kappa shape index (κ3) is 13.1. The standard InChI is InChI=1S/C36H59N7O7/c1-23(2)20-29(40-34(46)30(37-6)21-26-14-16-28(17-15-26)43(49)50)32(44)22-27(12-9-10-18-41(8)24(3)4)36(48)42-19-11-13-31(42)35(47)39-25(5)33(45)38-7/h14-17,23-25,27,29-31,37H,9-13,18-22H2,1-8H3,(H,38,45)(H,39,47)(H,40,46)/t25-,27-,29+,30-,31+/m1/s1. The van der Waals surface area contributed by atoms with Gasteiger partial charge in [0, 0.05) is 44.1 Å². The molecule has 0 spiro atoms. The van der Waals surface area contributed by atoms with E-state index in [1.165, 1.54) is 19.2 Å². The molecule has 5 atom stereocenters. The summed E-state index contributed by atoms with van der Waals surface area (Å²) >= 11 is 0. The fourth-order valence-corrected chi connectivity index (χ4v) is 6.17. The average Bonchev–Trinajstić information content (AvgIpc) is 3.57. The highest BCUT2D eigenvalue weighted by atomic mass is 16.6. The Balaban J connectivity index is 2.25. The number of nitro groups is 1. The van der Waals surface area contributed by atoms with Crippen molar-refractivity contribution in [2.45, 2.75) is 116 Å². The summed E-state index contributed by atoms with van der Waals surface area (Å²) in [5, 5.41) is 22.2. The Hall–Kier alpha value is -3.91. The van der Waals surface area contributed by atoms with Gasteiger partial charge in [-0.05, 0) is 91.4 Å². The number of nitrogens with one attached hydrogen (secondary N) is 4. The molecule has 1 saturated heterocycles. The summed E-state index contributed by atoms with van der Waals surface area (Å²) in [5.74, 6) is -2.23. The van der Waals surface area contributed by atoms with E-state index in [0.29, 0.717) is 44.7 Å². The lowest BCUT2D eigenvalue weighted by atomic mass is 9.89. The van der Waals surface area contributed by atoms with Crippen LogP contribution in [0.1, 0.15) is 85.1 Å². The van der Waals surface area contributed by atoms with Gasteiger partial charge in [-0.3, -0.25) is 34.1 Å². The number of Topliss-reactive ketones (excluding diaryl/α,β-unsaturated/α-hetero) is 1. The van der Waals surface area contributed by atoms with Gasteiger partial charge in [-0.1, -0.05) is 32.4 Å². The topological polar surface area (TPSA) is 183 Å². The van der Waals surface area contributed by atoms with E-state index < -0.39 is 40.9 Å². The maximum atomic E-state index is 14.2. The van der Waals surface area contributed by atoms with Gasteiger partial charge in [0.05, 0.1) is 17.0 Å². The monoisotopic (exact) mass is 701 g/mol. The van der Waals surface area contributed by atoms with Crippen LogP contribution in [0.4, 0.5) is 5.69 Å². The molecule has 0 aromatic heterocycles. The highest BCUT2D eigenvalue weighted by molar-refractivity contribution is 5.96. The Morgan fingerprint density at radius 3 is 2.18 bits per heavy atom. The lowest BCUT2D eigenvalue weighted by Gasteiger charge is -2.30. The Kier molecular flexibility index (Phi) is 17.5. The maximum absolute atomic E-state index is 14.2. The van der Waals surface area contributed by atoms with Gasteiger partial charge in [0.2, 0.25) is 23.6 Å². The maximum Gasteiger partial charge on any atom is 0.269 e. The number of carbonyl (C=O) groups is 5. The SMILES string of the molecule is CNC(=O)[C@@H](C)NC(=O)[C@@H]1CCCN1C(=O)[C@H](CCCCN(C)C(C)C)CC(=O)[C@H](CC(C)C)NC(=O)[C@@H](Cc1ccc([N+](=O)[O-])cc1)NC. The van der Waals surface area contributed by atoms with E-state index in [9.17, 15) is 34.1 Å². The van der Waals surface area contributed by atoms with Gasteiger partial charge in [-0.25, -0.2) is 0 Å². The second-order valence-corrected chi connectivity index (χ2v) is 14.1. The van der Waals surface area contributed by atoms with E-state index in [1.54, 1.807) is 31.0 Å². The molecule has 0 saturated carbocycles. The van der Waals surface area contributed by atoms with Gasteiger partial charge in [0.1, 0.15) is 12.1 Å². The number of carbonyl (C=O) groups excluding carboxylic acids is 5. The summed E-state index contributed by atoms with van der Waals surface area (Å²) in [6.45, 7) is 10.9. The summed E-state index contributed by atoms with van der Waals surface area (Å²) in [4.78, 5) is 81.3. The van der Waals surface area contributed by atoms with Gasteiger partial charge >= 0.3 is 0 Å². The van der Waals surface area contributed by atoms with Crippen molar-refractivity contribution >= 4 is 35.1 Å². The molecule has 0 bridgehead atoms. The van der Waals surface area contributed by atoms with Gasteiger partial charge < -0.3 is 31.1 Å². The van der Waals surface area contributed by atoms with Crippen molar-refractivity contribution in [1.29, 1.82) is 0 Å². The van der Waals surface area contributed by atoms with Crippen LogP contribution in [0.15, 0.2) is 24.3 Å². The van der Waals surface area contributed by atoms with Crippen molar-refractivity contribution in [3.8, 4) is 0 Å². The van der Waals surface area contributed by atoms with E-state index in [2.05, 4.69) is 40.0 Å². The van der Waals surface area contributed by atoms with Crippen LogP contribution in [-0.4, -0.2) is 109 Å². The number of ketones is 1. The number of unbranched alkanes of at least 4 members (excludes halogenated alkanes) is 1. The molecular weight excluding hydrogens is 642 g/mol. The van der Waals surface area contributed by atoms with Crippen LogP contribution < -0.4 is 21.3 Å². The summed E-state index contributed by atoms with van der Waals surface area (Å²) in [6, 6.07) is 3.33. The van der Waals surface area contributed by atoms with E-state index >= 15 is 0 Å². The zero-order valence-electron chi connectivity index (χ0n) is 31.1. The Morgan fingerprint density at radius 2 is 1.62 bits per heavy atom. The number of hydrogen-bond donors (Lipinski definition) is 4. The number of amides is 4. The molecule has 1 aliphatic heterocycles. The van der Waals surface area contributed by atoms with Crippen LogP contribution in [0.3, 0.4) is 0 Å². The molecule has 1 aromatic rings. The van der Waals surface area contributed by atoms with Gasteiger partial charge in [0.15, 0.2) is 5.78 Å². The number of likely N-dealkylation sites (N-methyl/N-ethyl adjacent to an activating group) is 2. The number of likely N-dealkylation sites (tertiary alicyclic amines) is 1. The van der Waals surface area contributed by atoms with Crippen molar-refractivity contribution in [2.75, 3.05) is 34.2 Å².